The minimum Gasteiger partial charge on any atom is -0.377 e. The van der Waals surface area contributed by atoms with Gasteiger partial charge in [-0.15, -0.1) is 11.3 Å². The molecule has 0 saturated carbocycles. The van der Waals surface area contributed by atoms with Crippen molar-refractivity contribution in [3.63, 3.8) is 0 Å². The number of rotatable bonds is 3. The Balaban J connectivity index is 2.10. The second kappa shape index (κ2) is 5.29. The standard InChI is InChI=1S/C11H8Br2FNS/c12-8-2-1-3-9(14)11(8)15-6-7-4-5-10(13)16-7/h1-5,15H,6H2. The molecule has 0 aliphatic carbocycles. The fraction of sp³-hybridized carbons (Fsp3) is 0.0909. The van der Waals surface area contributed by atoms with Gasteiger partial charge in [0.05, 0.1) is 9.47 Å². The summed E-state index contributed by atoms with van der Waals surface area (Å²) in [5, 5.41) is 3.08. The van der Waals surface area contributed by atoms with E-state index in [1.54, 1.807) is 17.4 Å². The van der Waals surface area contributed by atoms with Crippen molar-refractivity contribution >= 4 is 48.9 Å². The van der Waals surface area contributed by atoms with Crippen LogP contribution in [0.4, 0.5) is 10.1 Å². The van der Waals surface area contributed by atoms with Crippen LogP contribution in [0.1, 0.15) is 4.88 Å². The van der Waals surface area contributed by atoms with Crippen molar-refractivity contribution in [1.82, 2.24) is 0 Å². The number of para-hydroxylation sites is 1. The van der Waals surface area contributed by atoms with Crippen molar-refractivity contribution in [3.05, 3.63) is 49.3 Å². The van der Waals surface area contributed by atoms with E-state index in [9.17, 15) is 4.39 Å². The summed E-state index contributed by atoms with van der Waals surface area (Å²) in [4.78, 5) is 1.15. The van der Waals surface area contributed by atoms with Gasteiger partial charge in [-0.25, -0.2) is 4.39 Å². The highest BCUT2D eigenvalue weighted by molar-refractivity contribution is 9.11. The molecular formula is C11H8Br2FNS. The molecule has 0 amide bonds. The highest BCUT2D eigenvalue weighted by Gasteiger charge is 2.06. The Morgan fingerprint density at radius 2 is 2.00 bits per heavy atom. The smallest absolute Gasteiger partial charge is 0.147 e. The molecule has 1 N–H and O–H groups in total. The van der Waals surface area contributed by atoms with E-state index in [0.717, 1.165) is 13.1 Å². The lowest BCUT2D eigenvalue weighted by Crippen LogP contribution is -2.00. The van der Waals surface area contributed by atoms with Crippen LogP contribution >= 0.6 is 43.2 Å². The summed E-state index contributed by atoms with van der Waals surface area (Å²) in [6, 6.07) is 8.92. The quantitative estimate of drug-likeness (QED) is 0.805. The van der Waals surface area contributed by atoms with E-state index in [2.05, 4.69) is 37.2 Å². The van der Waals surface area contributed by atoms with Crippen molar-refractivity contribution in [2.75, 3.05) is 5.32 Å². The van der Waals surface area contributed by atoms with Gasteiger partial charge >= 0.3 is 0 Å². The molecule has 1 nitrogen and oxygen atoms in total. The molecule has 1 aromatic carbocycles. The molecule has 0 atom stereocenters. The first-order valence-corrected chi connectivity index (χ1v) is 6.99. The van der Waals surface area contributed by atoms with Gasteiger partial charge in [0.15, 0.2) is 0 Å². The zero-order valence-electron chi connectivity index (χ0n) is 8.14. The monoisotopic (exact) mass is 363 g/mol. The molecule has 0 spiro atoms. The third kappa shape index (κ3) is 2.84. The molecule has 1 heterocycles. The number of nitrogens with one attached hydrogen (secondary N) is 1. The van der Waals surface area contributed by atoms with E-state index in [0.29, 0.717) is 12.2 Å². The maximum Gasteiger partial charge on any atom is 0.147 e. The molecule has 0 aliphatic rings. The van der Waals surface area contributed by atoms with Gasteiger partial charge in [-0.3, -0.25) is 0 Å². The third-order valence-electron chi connectivity index (χ3n) is 2.03. The lowest BCUT2D eigenvalue weighted by molar-refractivity contribution is 0.629. The van der Waals surface area contributed by atoms with E-state index < -0.39 is 0 Å². The van der Waals surface area contributed by atoms with Gasteiger partial charge < -0.3 is 5.32 Å². The van der Waals surface area contributed by atoms with Gasteiger partial charge in [-0.2, -0.15) is 0 Å². The van der Waals surface area contributed by atoms with Gasteiger partial charge in [0, 0.05) is 15.9 Å². The van der Waals surface area contributed by atoms with Gasteiger partial charge in [0.25, 0.3) is 0 Å². The van der Waals surface area contributed by atoms with Crippen LogP contribution in [0.25, 0.3) is 0 Å². The Kier molecular flexibility index (Phi) is 4.00. The fourth-order valence-corrected chi connectivity index (χ4v) is 3.19. The molecule has 2 aromatic rings. The molecule has 0 saturated heterocycles. The summed E-state index contributed by atoms with van der Waals surface area (Å²) in [6.45, 7) is 0.621. The summed E-state index contributed by atoms with van der Waals surface area (Å²) in [7, 11) is 0. The molecule has 0 unspecified atom stereocenters. The minimum absolute atomic E-state index is 0.245. The van der Waals surface area contributed by atoms with Crippen molar-refractivity contribution in [3.8, 4) is 0 Å². The average molecular weight is 365 g/mol. The van der Waals surface area contributed by atoms with Gasteiger partial charge in [-0.05, 0) is 56.1 Å². The number of hydrogen-bond acceptors (Lipinski definition) is 2. The first kappa shape index (κ1) is 12.1. The third-order valence-corrected chi connectivity index (χ3v) is 4.32. The zero-order chi connectivity index (χ0) is 11.5. The summed E-state index contributed by atoms with van der Waals surface area (Å²) in [5.74, 6) is -0.245. The zero-order valence-corrected chi connectivity index (χ0v) is 12.1. The van der Waals surface area contributed by atoms with Crippen molar-refractivity contribution < 1.29 is 4.39 Å². The van der Waals surface area contributed by atoms with Crippen LogP contribution in [0.2, 0.25) is 0 Å². The van der Waals surface area contributed by atoms with Crippen LogP contribution in [0.3, 0.4) is 0 Å². The van der Waals surface area contributed by atoms with Crippen molar-refractivity contribution in [2.45, 2.75) is 6.54 Å². The largest absolute Gasteiger partial charge is 0.377 e. The average Bonchev–Trinajstić information content (AvgIpc) is 2.63. The number of thiophene rings is 1. The maximum atomic E-state index is 13.5. The second-order valence-corrected chi connectivity index (χ2v) is 6.56. The van der Waals surface area contributed by atoms with E-state index >= 15 is 0 Å². The fourth-order valence-electron chi connectivity index (χ4n) is 1.29. The van der Waals surface area contributed by atoms with Crippen molar-refractivity contribution in [2.24, 2.45) is 0 Å². The summed E-state index contributed by atoms with van der Waals surface area (Å²) >= 11 is 8.35. The predicted octanol–water partition coefficient (Wildman–Crippen LogP) is 5.02. The van der Waals surface area contributed by atoms with E-state index in [4.69, 9.17) is 0 Å². The molecule has 0 aliphatic heterocycles. The number of hydrogen-bond donors (Lipinski definition) is 1. The number of halogens is 3. The molecule has 1 aromatic heterocycles. The second-order valence-electron chi connectivity index (χ2n) is 3.16. The lowest BCUT2D eigenvalue weighted by Gasteiger charge is -2.08. The Bertz CT molecular complexity index is 478. The van der Waals surface area contributed by atoms with Crippen LogP contribution in [0.15, 0.2) is 38.6 Å². The van der Waals surface area contributed by atoms with Crippen LogP contribution < -0.4 is 5.32 Å². The Labute approximate surface area is 114 Å². The van der Waals surface area contributed by atoms with Gasteiger partial charge in [-0.1, -0.05) is 6.07 Å². The van der Waals surface area contributed by atoms with E-state index in [1.165, 1.54) is 6.07 Å². The van der Waals surface area contributed by atoms with Crippen LogP contribution in [0, 0.1) is 5.82 Å². The van der Waals surface area contributed by atoms with Crippen LogP contribution in [-0.4, -0.2) is 0 Å². The number of anilines is 1. The molecule has 16 heavy (non-hydrogen) atoms. The topological polar surface area (TPSA) is 12.0 Å². The first-order valence-electron chi connectivity index (χ1n) is 4.59. The normalized spacial score (nSPS) is 10.4. The predicted molar refractivity (Wildman–Crippen MR) is 73.4 cm³/mol. The van der Waals surface area contributed by atoms with Crippen LogP contribution in [0.5, 0.6) is 0 Å². The molecular weight excluding hydrogens is 357 g/mol. The summed E-state index contributed by atoms with van der Waals surface area (Å²) in [6.07, 6.45) is 0. The Hall–Kier alpha value is -0.390. The van der Waals surface area contributed by atoms with Crippen LogP contribution in [-0.2, 0) is 6.54 Å². The van der Waals surface area contributed by atoms with Gasteiger partial charge in [0.2, 0.25) is 0 Å². The molecule has 0 radical (unpaired) electrons. The molecule has 0 bridgehead atoms. The molecule has 5 heteroatoms. The molecule has 0 fully saturated rings. The SMILES string of the molecule is Fc1cccc(Br)c1NCc1ccc(Br)s1. The van der Waals surface area contributed by atoms with E-state index in [1.807, 2.05) is 18.2 Å². The summed E-state index contributed by atoms with van der Waals surface area (Å²) in [5.41, 5.74) is 0.507. The lowest BCUT2D eigenvalue weighted by atomic mass is 10.3. The Morgan fingerprint density at radius 3 is 2.62 bits per heavy atom. The minimum atomic E-state index is -0.245. The Morgan fingerprint density at radius 1 is 1.19 bits per heavy atom. The molecule has 84 valence electrons. The van der Waals surface area contributed by atoms with Crippen molar-refractivity contribution in [1.29, 1.82) is 0 Å². The number of benzene rings is 1. The molecule has 2 rings (SSSR count). The first-order chi connectivity index (χ1) is 7.66. The summed E-state index contributed by atoms with van der Waals surface area (Å²) < 4.78 is 15.3. The van der Waals surface area contributed by atoms with Gasteiger partial charge in [0.1, 0.15) is 5.82 Å². The highest BCUT2D eigenvalue weighted by atomic mass is 79.9. The van der Waals surface area contributed by atoms with E-state index in [-0.39, 0.29) is 5.82 Å². The maximum absolute atomic E-state index is 13.5. The highest BCUT2D eigenvalue weighted by Crippen LogP contribution is 2.27.